The first kappa shape index (κ1) is 23.8. The second kappa shape index (κ2) is 10.3. The molecule has 0 bridgehead atoms. The fraction of sp³-hybridized carbons (Fsp3) is 0.207. The van der Waals surface area contributed by atoms with Crippen molar-refractivity contribution in [2.24, 2.45) is 0 Å². The van der Waals surface area contributed by atoms with E-state index in [1.165, 1.54) is 16.3 Å². The summed E-state index contributed by atoms with van der Waals surface area (Å²) in [5.41, 5.74) is 3.71. The Balaban J connectivity index is 0.00000274. The first-order valence-electron chi connectivity index (χ1n) is 11.4. The molecule has 0 saturated heterocycles. The van der Waals surface area contributed by atoms with Crippen LogP contribution in [0.3, 0.4) is 0 Å². The molecule has 0 radical (unpaired) electrons. The molecule has 34 heavy (non-hydrogen) atoms. The van der Waals surface area contributed by atoms with Crippen LogP contribution in [-0.2, 0) is 0 Å². The zero-order valence-electron chi connectivity index (χ0n) is 19.0. The zero-order valence-corrected chi connectivity index (χ0v) is 19.8. The van der Waals surface area contributed by atoms with Gasteiger partial charge < -0.3 is 15.2 Å². The van der Waals surface area contributed by atoms with Gasteiger partial charge in [0.05, 0.1) is 5.56 Å². The van der Waals surface area contributed by atoms with Crippen LogP contribution in [0.15, 0.2) is 91.0 Å². The van der Waals surface area contributed by atoms with Gasteiger partial charge in [-0.25, -0.2) is 4.79 Å². The first-order chi connectivity index (χ1) is 16.1. The Morgan fingerprint density at radius 2 is 1.74 bits per heavy atom. The zero-order chi connectivity index (χ0) is 22.8. The van der Waals surface area contributed by atoms with Crippen molar-refractivity contribution in [2.45, 2.75) is 31.4 Å². The number of hydrogen-bond acceptors (Lipinski definition) is 3. The molecular formula is C29H28ClNO3. The summed E-state index contributed by atoms with van der Waals surface area (Å²) in [5.74, 6) is 0.0623. The Morgan fingerprint density at radius 3 is 2.59 bits per heavy atom. The molecule has 0 spiro atoms. The topological polar surface area (TPSA) is 58.6 Å². The minimum Gasteiger partial charge on any atom is -0.489 e. The summed E-state index contributed by atoms with van der Waals surface area (Å²) in [5, 5.41) is 15.6. The lowest BCUT2D eigenvalue weighted by molar-refractivity contribution is 0.0696. The lowest BCUT2D eigenvalue weighted by Gasteiger charge is -2.33. The number of para-hydroxylation sites is 1. The number of hydrogen-bond donors (Lipinski definition) is 2. The standard InChI is InChI=1S/C29H27NO3.ClH/c1-19(24-14-7-9-20-8-2-3-12-25(20)24)30-18-23-17-27(26-13-4-5-15-28(26)33-23)21-10-6-11-22(16-21)29(31)32;/h2-16,19,23,27,30H,17-18H2,1H3,(H,31,32);1H/t19?,23-,27+;/m0./s1. The Labute approximate surface area is 206 Å². The third kappa shape index (κ3) is 4.79. The molecule has 3 atom stereocenters. The molecule has 1 heterocycles. The molecule has 0 fully saturated rings. The van der Waals surface area contributed by atoms with Gasteiger partial charge >= 0.3 is 5.97 Å². The molecule has 4 nitrogen and oxygen atoms in total. The highest BCUT2D eigenvalue weighted by Crippen LogP contribution is 2.40. The van der Waals surface area contributed by atoms with Gasteiger partial charge in [-0.2, -0.15) is 0 Å². The SMILES string of the molecule is CC(NC[C@@H]1C[C@H](c2cccc(C(=O)O)c2)c2ccccc2O1)c1cccc2ccccc12.Cl. The molecule has 1 aliphatic heterocycles. The van der Waals surface area contributed by atoms with Crippen molar-refractivity contribution in [2.75, 3.05) is 6.54 Å². The highest BCUT2D eigenvalue weighted by atomic mass is 35.5. The fourth-order valence-corrected chi connectivity index (χ4v) is 4.87. The molecule has 5 heteroatoms. The van der Waals surface area contributed by atoms with E-state index in [0.717, 1.165) is 23.3 Å². The van der Waals surface area contributed by atoms with Crippen molar-refractivity contribution in [3.8, 4) is 5.75 Å². The van der Waals surface area contributed by atoms with Crippen molar-refractivity contribution < 1.29 is 14.6 Å². The minimum atomic E-state index is -0.903. The number of carbonyl (C=O) groups is 1. The van der Waals surface area contributed by atoms with E-state index in [4.69, 9.17) is 4.74 Å². The monoisotopic (exact) mass is 473 g/mol. The number of carboxylic acid groups (broad SMARTS) is 1. The Kier molecular flexibility index (Phi) is 7.20. The third-order valence-electron chi connectivity index (χ3n) is 6.56. The van der Waals surface area contributed by atoms with Gasteiger partial charge in [-0.05, 0) is 53.4 Å². The van der Waals surface area contributed by atoms with Crippen molar-refractivity contribution in [3.05, 3.63) is 113 Å². The Morgan fingerprint density at radius 1 is 1.00 bits per heavy atom. The van der Waals surface area contributed by atoms with E-state index in [9.17, 15) is 9.90 Å². The predicted molar refractivity (Wildman–Crippen MR) is 138 cm³/mol. The van der Waals surface area contributed by atoms with Crippen LogP contribution < -0.4 is 10.1 Å². The maximum atomic E-state index is 11.5. The van der Waals surface area contributed by atoms with Crippen molar-refractivity contribution in [1.82, 2.24) is 5.32 Å². The lowest BCUT2D eigenvalue weighted by Crippen LogP contribution is -2.37. The summed E-state index contributed by atoms with van der Waals surface area (Å²) in [6, 6.07) is 30.4. The van der Waals surface area contributed by atoms with Gasteiger partial charge in [0.2, 0.25) is 0 Å². The van der Waals surface area contributed by atoms with Crippen LogP contribution in [0.2, 0.25) is 0 Å². The number of fused-ring (bicyclic) bond motifs is 2. The molecule has 0 saturated carbocycles. The number of halogens is 1. The minimum absolute atomic E-state index is 0. The summed E-state index contributed by atoms with van der Waals surface area (Å²) in [6.07, 6.45) is 0.769. The largest absolute Gasteiger partial charge is 0.489 e. The van der Waals surface area contributed by atoms with Crippen molar-refractivity contribution >= 4 is 29.1 Å². The van der Waals surface area contributed by atoms with Gasteiger partial charge in [0.1, 0.15) is 11.9 Å². The van der Waals surface area contributed by atoms with Crippen LogP contribution in [-0.4, -0.2) is 23.7 Å². The molecule has 5 rings (SSSR count). The predicted octanol–water partition coefficient (Wildman–Crippen LogP) is 6.59. The van der Waals surface area contributed by atoms with Crippen LogP contribution >= 0.6 is 12.4 Å². The molecule has 174 valence electrons. The molecular weight excluding hydrogens is 446 g/mol. The van der Waals surface area contributed by atoms with E-state index < -0.39 is 5.97 Å². The Bertz CT molecular complexity index is 1300. The molecule has 2 N–H and O–H groups in total. The third-order valence-corrected chi connectivity index (χ3v) is 6.56. The van der Waals surface area contributed by atoms with E-state index in [2.05, 4.69) is 60.8 Å². The summed E-state index contributed by atoms with van der Waals surface area (Å²) < 4.78 is 6.36. The van der Waals surface area contributed by atoms with E-state index in [0.29, 0.717) is 12.1 Å². The van der Waals surface area contributed by atoms with Gasteiger partial charge in [0.15, 0.2) is 0 Å². The van der Waals surface area contributed by atoms with Crippen LogP contribution in [0.5, 0.6) is 5.75 Å². The fourth-order valence-electron chi connectivity index (χ4n) is 4.87. The molecule has 0 aromatic heterocycles. The van der Waals surface area contributed by atoms with E-state index >= 15 is 0 Å². The van der Waals surface area contributed by atoms with Gasteiger partial charge in [-0.15, -0.1) is 12.4 Å². The highest BCUT2D eigenvalue weighted by molar-refractivity contribution is 5.88. The quantitative estimate of drug-likeness (QED) is 0.331. The molecule has 1 unspecified atom stereocenters. The first-order valence-corrected chi connectivity index (χ1v) is 11.4. The average molecular weight is 474 g/mol. The number of carboxylic acids is 1. The van der Waals surface area contributed by atoms with E-state index in [1.54, 1.807) is 12.1 Å². The molecule has 4 aromatic carbocycles. The van der Waals surface area contributed by atoms with Crippen molar-refractivity contribution in [3.63, 3.8) is 0 Å². The van der Waals surface area contributed by atoms with Gasteiger partial charge in [0, 0.05) is 24.1 Å². The Hall–Kier alpha value is -3.34. The summed E-state index contributed by atoms with van der Waals surface area (Å²) in [7, 11) is 0. The number of ether oxygens (including phenoxy) is 1. The van der Waals surface area contributed by atoms with E-state index in [1.807, 2.05) is 30.3 Å². The van der Waals surface area contributed by atoms with Gasteiger partial charge in [0.25, 0.3) is 0 Å². The second-order valence-corrected chi connectivity index (χ2v) is 8.69. The summed E-state index contributed by atoms with van der Waals surface area (Å²) in [6.45, 7) is 2.89. The second-order valence-electron chi connectivity index (χ2n) is 8.69. The molecule has 0 aliphatic carbocycles. The average Bonchev–Trinajstić information content (AvgIpc) is 2.86. The molecule has 1 aliphatic rings. The summed E-state index contributed by atoms with van der Waals surface area (Å²) >= 11 is 0. The smallest absolute Gasteiger partial charge is 0.335 e. The maximum absolute atomic E-state index is 11.5. The summed E-state index contributed by atoms with van der Waals surface area (Å²) in [4.78, 5) is 11.5. The van der Waals surface area contributed by atoms with Crippen molar-refractivity contribution in [1.29, 1.82) is 0 Å². The van der Waals surface area contributed by atoms with Crippen LogP contribution in [0, 0.1) is 0 Å². The normalized spacial score (nSPS) is 17.8. The van der Waals surface area contributed by atoms with Gasteiger partial charge in [-0.1, -0.05) is 72.8 Å². The van der Waals surface area contributed by atoms with Crippen LogP contribution in [0.25, 0.3) is 10.8 Å². The number of rotatable bonds is 6. The van der Waals surface area contributed by atoms with Gasteiger partial charge in [-0.3, -0.25) is 0 Å². The lowest BCUT2D eigenvalue weighted by atomic mass is 9.83. The maximum Gasteiger partial charge on any atom is 0.335 e. The van der Waals surface area contributed by atoms with Crippen LogP contribution in [0.1, 0.15) is 52.4 Å². The number of benzene rings is 4. The number of nitrogens with one attached hydrogen (secondary N) is 1. The van der Waals surface area contributed by atoms with E-state index in [-0.39, 0.29) is 30.5 Å². The molecule has 0 amide bonds. The highest BCUT2D eigenvalue weighted by Gasteiger charge is 2.30. The number of aromatic carboxylic acids is 1. The van der Waals surface area contributed by atoms with Crippen LogP contribution in [0.4, 0.5) is 0 Å². The molecule has 4 aromatic rings.